The van der Waals surface area contributed by atoms with Gasteiger partial charge in [-0.1, -0.05) is 176 Å². The van der Waals surface area contributed by atoms with E-state index in [9.17, 15) is 0 Å². The molecule has 0 N–H and O–H groups in total. The van der Waals surface area contributed by atoms with E-state index in [-0.39, 0.29) is 0 Å². The van der Waals surface area contributed by atoms with E-state index in [2.05, 4.69) is 206 Å². The van der Waals surface area contributed by atoms with Crippen molar-refractivity contribution < 1.29 is 4.42 Å². The highest BCUT2D eigenvalue weighted by Crippen LogP contribution is 2.40. The van der Waals surface area contributed by atoms with Crippen LogP contribution in [0.1, 0.15) is 0 Å². The molecule has 0 unspecified atom stereocenters. The molecule has 0 atom stereocenters. The van der Waals surface area contributed by atoms with Crippen molar-refractivity contribution >= 4 is 21.9 Å². The highest BCUT2D eigenvalue weighted by molar-refractivity contribution is 6.13. The second-order valence-corrected chi connectivity index (χ2v) is 14.0. The van der Waals surface area contributed by atoms with Gasteiger partial charge >= 0.3 is 0 Å². The quantitative estimate of drug-likeness (QED) is 0.165. The first-order valence-electron chi connectivity index (χ1n) is 18.7. The zero-order valence-corrected chi connectivity index (χ0v) is 30.1. The summed E-state index contributed by atoms with van der Waals surface area (Å²) >= 11 is 0. The number of nitrogens with zero attached hydrogens (tertiary/aromatic N) is 1. The summed E-state index contributed by atoms with van der Waals surface area (Å²) < 4.78 is 6.49. The van der Waals surface area contributed by atoms with Crippen molar-refractivity contribution in [2.75, 3.05) is 0 Å². The lowest BCUT2D eigenvalue weighted by Gasteiger charge is -2.12. The maximum absolute atomic E-state index is 6.49. The minimum absolute atomic E-state index is 0.846. The maximum Gasteiger partial charge on any atom is 0.136 e. The minimum atomic E-state index is 0.846. The number of rotatable bonds is 7. The number of benzene rings is 8. The van der Waals surface area contributed by atoms with Gasteiger partial charge in [-0.05, 0) is 92.0 Å². The van der Waals surface area contributed by atoms with Crippen molar-refractivity contribution in [1.82, 2.24) is 4.98 Å². The Bertz CT molecular complexity index is 2930. The molecule has 0 fully saturated rings. The van der Waals surface area contributed by atoms with Crippen LogP contribution < -0.4 is 0 Å². The molecule has 258 valence electrons. The third-order valence-electron chi connectivity index (χ3n) is 10.5. The minimum Gasteiger partial charge on any atom is -0.456 e. The van der Waals surface area contributed by atoms with Crippen LogP contribution in [-0.4, -0.2) is 4.98 Å². The molecule has 10 aromatic rings. The number of fused-ring (bicyclic) bond motifs is 3. The van der Waals surface area contributed by atoms with Crippen LogP contribution in [0, 0.1) is 0 Å². The Morgan fingerprint density at radius 2 is 0.709 bits per heavy atom. The zero-order valence-electron chi connectivity index (χ0n) is 30.1. The average Bonchev–Trinajstić information content (AvgIpc) is 3.66. The van der Waals surface area contributed by atoms with Gasteiger partial charge < -0.3 is 4.42 Å². The van der Waals surface area contributed by atoms with E-state index in [0.717, 1.165) is 66.7 Å². The highest BCUT2D eigenvalue weighted by atomic mass is 16.3. The summed E-state index contributed by atoms with van der Waals surface area (Å²) in [6, 6.07) is 75.1. The van der Waals surface area contributed by atoms with E-state index in [0.29, 0.717) is 0 Å². The third-order valence-corrected chi connectivity index (χ3v) is 10.5. The van der Waals surface area contributed by atoms with Gasteiger partial charge in [-0.3, -0.25) is 0 Å². The normalized spacial score (nSPS) is 11.3. The average molecular weight is 702 g/mol. The van der Waals surface area contributed by atoms with Crippen LogP contribution in [0.4, 0.5) is 0 Å². The highest BCUT2D eigenvalue weighted by Gasteiger charge is 2.17. The van der Waals surface area contributed by atoms with Crippen molar-refractivity contribution in [1.29, 1.82) is 0 Å². The summed E-state index contributed by atoms with van der Waals surface area (Å²) in [4.78, 5) is 5.30. The first-order chi connectivity index (χ1) is 27.2. The molecule has 2 aromatic heterocycles. The van der Waals surface area contributed by atoms with Crippen LogP contribution >= 0.6 is 0 Å². The third kappa shape index (κ3) is 6.30. The zero-order chi connectivity index (χ0) is 36.6. The lowest BCUT2D eigenvalue weighted by Crippen LogP contribution is -1.92. The number of hydrogen-bond acceptors (Lipinski definition) is 2. The fourth-order valence-electron chi connectivity index (χ4n) is 7.66. The molecule has 2 heterocycles. The molecule has 2 heteroatoms. The lowest BCUT2D eigenvalue weighted by molar-refractivity contribution is 0.669. The van der Waals surface area contributed by atoms with Crippen molar-refractivity contribution in [3.63, 3.8) is 0 Å². The molecule has 0 saturated heterocycles. The van der Waals surface area contributed by atoms with E-state index in [1.165, 1.54) is 33.4 Å². The molecule has 8 aromatic carbocycles. The number of pyridine rings is 1. The van der Waals surface area contributed by atoms with Crippen LogP contribution in [0.15, 0.2) is 217 Å². The molecule has 0 aliphatic heterocycles. The van der Waals surface area contributed by atoms with Gasteiger partial charge in [0.2, 0.25) is 0 Å². The summed E-state index contributed by atoms with van der Waals surface area (Å²) in [6.07, 6.45) is 0. The predicted octanol–water partition coefficient (Wildman–Crippen LogP) is 14.6. The Balaban J connectivity index is 1.05. The fourth-order valence-corrected chi connectivity index (χ4v) is 7.66. The monoisotopic (exact) mass is 701 g/mol. The van der Waals surface area contributed by atoms with Crippen LogP contribution in [0.3, 0.4) is 0 Å². The number of aromatic nitrogens is 1. The van der Waals surface area contributed by atoms with Crippen LogP contribution in [0.2, 0.25) is 0 Å². The SMILES string of the molecule is c1ccc(-c2ccc(-c3cc(-c4ccccc4)nc(-c4cccc5oc6ccc(-c7ccc(-c8cccc(-c9ccccc9)c8)cc7)cc6c45)c3)cc2)cc1. The van der Waals surface area contributed by atoms with E-state index < -0.39 is 0 Å². The Morgan fingerprint density at radius 1 is 0.273 bits per heavy atom. The Hall–Kier alpha value is -7.29. The lowest BCUT2D eigenvalue weighted by atomic mass is 9.95. The number of furan rings is 1. The van der Waals surface area contributed by atoms with Crippen molar-refractivity contribution in [3.05, 3.63) is 212 Å². The van der Waals surface area contributed by atoms with Gasteiger partial charge in [-0.2, -0.15) is 0 Å². The standard InChI is InChI=1S/C53H35NO/c1-4-12-36(13-5-1)38-22-28-41(29-23-38)46-34-49(42-16-8-3-9-17-42)54-50(35-46)47-20-11-21-52-53(47)48-33-45(30-31-51(48)55-52)40-26-24-39(25-27-40)44-19-10-18-43(32-44)37-14-6-2-7-15-37/h1-35H. The summed E-state index contributed by atoms with van der Waals surface area (Å²) in [5.41, 5.74) is 17.4. The second kappa shape index (κ2) is 13.9. The molecule has 0 radical (unpaired) electrons. The molecule has 0 spiro atoms. The largest absolute Gasteiger partial charge is 0.456 e. The Labute approximate surface area is 320 Å². The molecular formula is C53H35NO. The van der Waals surface area contributed by atoms with Crippen LogP contribution in [0.5, 0.6) is 0 Å². The van der Waals surface area contributed by atoms with E-state index in [1.54, 1.807) is 0 Å². The van der Waals surface area contributed by atoms with Gasteiger partial charge in [0.15, 0.2) is 0 Å². The molecule has 0 bridgehead atoms. The van der Waals surface area contributed by atoms with Gasteiger partial charge in [0, 0.05) is 21.9 Å². The predicted molar refractivity (Wildman–Crippen MR) is 230 cm³/mol. The molecule has 0 saturated carbocycles. The summed E-state index contributed by atoms with van der Waals surface area (Å²) in [7, 11) is 0. The Morgan fingerprint density at radius 3 is 1.33 bits per heavy atom. The first kappa shape index (κ1) is 32.4. The summed E-state index contributed by atoms with van der Waals surface area (Å²) in [5.74, 6) is 0. The molecular weight excluding hydrogens is 667 g/mol. The fraction of sp³-hybridized carbons (Fsp3) is 0. The second-order valence-electron chi connectivity index (χ2n) is 14.0. The van der Waals surface area contributed by atoms with E-state index in [4.69, 9.17) is 9.40 Å². The molecule has 2 nitrogen and oxygen atoms in total. The smallest absolute Gasteiger partial charge is 0.136 e. The van der Waals surface area contributed by atoms with Crippen molar-refractivity contribution in [2.45, 2.75) is 0 Å². The van der Waals surface area contributed by atoms with Gasteiger partial charge in [0.25, 0.3) is 0 Å². The first-order valence-corrected chi connectivity index (χ1v) is 18.7. The Kier molecular flexibility index (Phi) is 8.20. The van der Waals surface area contributed by atoms with Gasteiger partial charge in [0.1, 0.15) is 11.2 Å². The van der Waals surface area contributed by atoms with Crippen molar-refractivity contribution in [3.8, 4) is 78.1 Å². The maximum atomic E-state index is 6.49. The number of hydrogen-bond donors (Lipinski definition) is 0. The van der Waals surface area contributed by atoms with Gasteiger partial charge in [0.05, 0.1) is 11.4 Å². The molecule has 0 amide bonds. The molecule has 0 aliphatic rings. The van der Waals surface area contributed by atoms with Gasteiger partial charge in [-0.25, -0.2) is 4.98 Å². The summed E-state index contributed by atoms with van der Waals surface area (Å²) in [5, 5.41) is 2.14. The molecule has 55 heavy (non-hydrogen) atoms. The van der Waals surface area contributed by atoms with Crippen LogP contribution in [0.25, 0.3) is 100 Å². The van der Waals surface area contributed by atoms with Crippen LogP contribution in [-0.2, 0) is 0 Å². The summed E-state index contributed by atoms with van der Waals surface area (Å²) in [6.45, 7) is 0. The topological polar surface area (TPSA) is 26.0 Å². The van der Waals surface area contributed by atoms with Gasteiger partial charge in [-0.15, -0.1) is 0 Å². The van der Waals surface area contributed by atoms with Crippen molar-refractivity contribution in [2.24, 2.45) is 0 Å². The molecule has 10 rings (SSSR count). The van der Waals surface area contributed by atoms with E-state index >= 15 is 0 Å². The molecule has 0 aliphatic carbocycles. The van der Waals surface area contributed by atoms with E-state index in [1.807, 2.05) is 6.07 Å².